The summed E-state index contributed by atoms with van der Waals surface area (Å²) < 4.78 is 0. The number of allylic oxidation sites excluding steroid dienone is 2. The second-order valence-electron chi connectivity index (χ2n) is 7.44. The maximum absolute atomic E-state index is 12.3. The molecule has 1 aromatic carbocycles. The van der Waals surface area contributed by atoms with Crippen molar-refractivity contribution in [1.29, 1.82) is 0 Å². The first-order valence-electron chi connectivity index (χ1n) is 9.26. The third kappa shape index (κ3) is 3.36. The standard InChI is InChI=1S/C20H23N3O3/c24-18(21-11-14-10-12-5-6-13(14)9-12)8-7-17-20(26)22-16-4-2-1-3-15(16)19(25)23-17/h1-6,12-14,17H,7-11H2,(H,21,24)(H,22,26)(H,23,25)/t12-,13+,14+,17+/m0/s1. The summed E-state index contributed by atoms with van der Waals surface area (Å²) in [5.74, 6) is 1.18. The molecule has 0 aromatic heterocycles. The molecule has 1 aliphatic heterocycles. The van der Waals surface area contributed by atoms with Crippen LogP contribution in [0, 0.1) is 17.8 Å². The van der Waals surface area contributed by atoms with Gasteiger partial charge in [-0.1, -0.05) is 24.3 Å². The number of benzene rings is 1. The molecule has 6 heteroatoms. The van der Waals surface area contributed by atoms with E-state index in [1.807, 2.05) is 0 Å². The first-order chi connectivity index (χ1) is 12.6. The van der Waals surface area contributed by atoms with Crippen molar-refractivity contribution >= 4 is 23.4 Å². The average molecular weight is 353 g/mol. The molecule has 3 amide bonds. The highest BCUT2D eigenvalue weighted by molar-refractivity contribution is 6.09. The molecule has 26 heavy (non-hydrogen) atoms. The molecular weight excluding hydrogens is 330 g/mol. The molecule has 0 unspecified atom stereocenters. The molecule has 4 atom stereocenters. The van der Waals surface area contributed by atoms with Crippen molar-refractivity contribution < 1.29 is 14.4 Å². The van der Waals surface area contributed by atoms with Gasteiger partial charge in [0.25, 0.3) is 5.91 Å². The molecule has 1 fully saturated rings. The van der Waals surface area contributed by atoms with E-state index in [4.69, 9.17) is 0 Å². The fraction of sp³-hybridized carbons (Fsp3) is 0.450. The molecule has 1 heterocycles. The second kappa shape index (κ2) is 6.94. The van der Waals surface area contributed by atoms with Crippen LogP contribution in [0.2, 0.25) is 0 Å². The Balaban J connectivity index is 1.27. The first-order valence-corrected chi connectivity index (χ1v) is 9.26. The number of carbonyl (C=O) groups is 3. The van der Waals surface area contributed by atoms with Gasteiger partial charge in [-0.3, -0.25) is 14.4 Å². The van der Waals surface area contributed by atoms with Gasteiger partial charge in [-0.2, -0.15) is 0 Å². The van der Waals surface area contributed by atoms with Gasteiger partial charge < -0.3 is 16.0 Å². The van der Waals surface area contributed by atoms with E-state index in [0.29, 0.717) is 35.5 Å². The van der Waals surface area contributed by atoms with E-state index in [2.05, 4.69) is 28.1 Å². The number of hydrogen-bond acceptors (Lipinski definition) is 3. The molecule has 1 saturated carbocycles. The molecule has 0 saturated heterocycles. The van der Waals surface area contributed by atoms with Gasteiger partial charge in [0.1, 0.15) is 6.04 Å². The normalized spacial score (nSPS) is 28.9. The Hall–Kier alpha value is -2.63. The van der Waals surface area contributed by atoms with Crippen molar-refractivity contribution in [2.45, 2.75) is 31.7 Å². The summed E-state index contributed by atoms with van der Waals surface area (Å²) in [6.45, 7) is 0.693. The lowest BCUT2D eigenvalue weighted by Crippen LogP contribution is -2.42. The number of hydrogen-bond donors (Lipinski definition) is 3. The number of fused-ring (bicyclic) bond motifs is 3. The van der Waals surface area contributed by atoms with E-state index < -0.39 is 6.04 Å². The highest BCUT2D eigenvalue weighted by Crippen LogP contribution is 2.42. The Morgan fingerprint density at radius 2 is 2.00 bits per heavy atom. The molecule has 4 rings (SSSR count). The monoisotopic (exact) mass is 353 g/mol. The highest BCUT2D eigenvalue weighted by Gasteiger charge is 2.35. The zero-order valence-electron chi connectivity index (χ0n) is 14.5. The molecule has 3 aliphatic rings. The Morgan fingerprint density at radius 1 is 1.15 bits per heavy atom. The topological polar surface area (TPSA) is 87.3 Å². The average Bonchev–Trinajstić information content (AvgIpc) is 3.23. The number of anilines is 1. The van der Waals surface area contributed by atoms with Crippen molar-refractivity contribution in [2.24, 2.45) is 17.8 Å². The number of carbonyl (C=O) groups excluding carboxylic acids is 3. The van der Waals surface area contributed by atoms with Gasteiger partial charge in [0.05, 0.1) is 11.3 Å². The van der Waals surface area contributed by atoms with Crippen LogP contribution in [0.5, 0.6) is 0 Å². The SMILES string of the molecule is O=C(CC[C@H]1NC(=O)c2ccccc2NC1=O)NC[C@H]1C[C@H]2C=C[C@@H]1C2. The van der Waals surface area contributed by atoms with Crippen LogP contribution in [0.4, 0.5) is 5.69 Å². The predicted molar refractivity (Wildman–Crippen MR) is 97.4 cm³/mol. The van der Waals surface area contributed by atoms with E-state index >= 15 is 0 Å². The maximum Gasteiger partial charge on any atom is 0.254 e. The predicted octanol–water partition coefficient (Wildman–Crippen LogP) is 1.85. The van der Waals surface area contributed by atoms with E-state index in [-0.39, 0.29) is 30.6 Å². The van der Waals surface area contributed by atoms with Crippen molar-refractivity contribution in [3.05, 3.63) is 42.0 Å². The van der Waals surface area contributed by atoms with Gasteiger partial charge in [0.2, 0.25) is 11.8 Å². The van der Waals surface area contributed by atoms with Gasteiger partial charge in [-0.25, -0.2) is 0 Å². The maximum atomic E-state index is 12.3. The van der Waals surface area contributed by atoms with Crippen LogP contribution < -0.4 is 16.0 Å². The van der Waals surface area contributed by atoms with Gasteiger partial charge in [0, 0.05) is 13.0 Å². The summed E-state index contributed by atoms with van der Waals surface area (Å²) in [7, 11) is 0. The zero-order chi connectivity index (χ0) is 18.1. The molecule has 0 spiro atoms. The van der Waals surface area contributed by atoms with Crippen LogP contribution in [0.1, 0.15) is 36.0 Å². The van der Waals surface area contributed by atoms with Crippen LogP contribution in [0.3, 0.4) is 0 Å². The van der Waals surface area contributed by atoms with Crippen molar-refractivity contribution in [1.82, 2.24) is 10.6 Å². The lowest BCUT2D eigenvalue weighted by atomic mass is 9.93. The Kier molecular flexibility index (Phi) is 4.49. The quantitative estimate of drug-likeness (QED) is 0.706. The minimum Gasteiger partial charge on any atom is -0.356 e. The molecule has 6 nitrogen and oxygen atoms in total. The van der Waals surface area contributed by atoms with Crippen LogP contribution >= 0.6 is 0 Å². The lowest BCUT2D eigenvalue weighted by molar-refractivity contribution is -0.122. The third-order valence-electron chi connectivity index (χ3n) is 5.69. The van der Waals surface area contributed by atoms with Crippen LogP contribution in [0.15, 0.2) is 36.4 Å². The highest BCUT2D eigenvalue weighted by atomic mass is 16.2. The first kappa shape index (κ1) is 16.8. The smallest absolute Gasteiger partial charge is 0.254 e. The number of para-hydroxylation sites is 1. The Bertz CT molecular complexity index is 773. The van der Waals surface area contributed by atoms with Crippen LogP contribution in [-0.2, 0) is 9.59 Å². The van der Waals surface area contributed by atoms with E-state index in [1.54, 1.807) is 24.3 Å². The summed E-state index contributed by atoms with van der Waals surface area (Å²) in [4.78, 5) is 36.8. The summed E-state index contributed by atoms with van der Waals surface area (Å²) in [6.07, 6.45) is 7.43. The number of amides is 3. The molecule has 0 radical (unpaired) electrons. The van der Waals surface area contributed by atoms with Crippen molar-refractivity contribution in [2.75, 3.05) is 11.9 Å². The van der Waals surface area contributed by atoms with E-state index in [0.717, 1.165) is 6.42 Å². The molecule has 1 aromatic rings. The van der Waals surface area contributed by atoms with Crippen LogP contribution in [0.25, 0.3) is 0 Å². The van der Waals surface area contributed by atoms with E-state index in [1.165, 1.54) is 6.42 Å². The summed E-state index contributed by atoms with van der Waals surface area (Å²) in [5.41, 5.74) is 0.948. The van der Waals surface area contributed by atoms with Crippen molar-refractivity contribution in [3.8, 4) is 0 Å². The molecule has 2 aliphatic carbocycles. The van der Waals surface area contributed by atoms with Crippen LogP contribution in [-0.4, -0.2) is 30.3 Å². The number of rotatable bonds is 5. The summed E-state index contributed by atoms with van der Waals surface area (Å²) in [6, 6.07) is 6.19. The van der Waals surface area contributed by atoms with Gasteiger partial charge in [0.15, 0.2) is 0 Å². The molecule has 3 N–H and O–H groups in total. The Morgan fingerprint density at radius 3 is 2.77 bits per heavy atom. The lowest BCUT2D eigenvalue weighted by Gasteiger charge is -2.19. The summed E-state index contributed by atoms with van der Waals surface area (Å²) in [5, 5.41) is 8.47. The van der Waals surface area contributed by atoms with E-state index in [9.17, 15) is 14.4 Å². The molecule has 2 bridgehead atoms. The minimum atomic E-state index is -0.703. The van der Waals surface area contributed by atoms with Gasteiger partial charge >= 0.3 is 0 Å². The Labute approximate surface area is 152 Å². The largest absolute Gasteiger partial charge is 0.356 e. The third-order valence-corrected chi connectivity index (χ3v) is 5.69. The molecule has 136 valence electrons. The number of nitrogens with one attached hydrogen (secondary N) is 3. The molecular formula is C20H23N3O3. The second-order valence-corrected chi connectivity index (χ2v) is 7.44. The summed E-state index contributed by atoms with van der Waals surface area (Å²) >= 11 is 0. The van der Waals surface area contributed by atoms with Crippen molar-refractivity contribution in [3.63, 3.8) is 0 Å². The fourth-order valence-electron chi connectivity index (χ4n) is 4.25. The zero-order valence-corrected chi connectivity index (χ0v) is 14.5. The van der Waals surface area contributed by atoms with Gasteiger partial charge in [-0.05, 0) is 49.1 Å². The minimum absolute atomic E-state index is 0.0689. The van der Waals surface area contributed by atoms with Gasteiger partial charge in [-0.15, -0.1) is 0 Å². The fourth-order valence-corrected chi connectivity index (χ4v) is 4.25.